The third kappa shape index (κ3) is 3.44. The average molecular weight is 212 g/mol. The van der Waals surface area contributed by atoms with E-state index in [1.807, 2.05) is 0 Å². The molecule has 0 unspecified atom stereocenters. The van der Waals surface area contributed by atoms with Crippen LogP contribution in [-0.2, 0) is 9.53 Å². The number of aromatic nitrogens is 2. The van der Waals surface area contributed by atoms with Crippen molar-refractivity contribution in [2.75, 3.05) is 7.11 Å². The summed E-state index contributed by atoms with van der Waals surface area (Å²) >= 11 is 1.13. The lowest BCUT2D eigenvalue weighted by molar-refractivity contribution is -0.134. The Morgan fingerprint density at radius 1 is 1.71 bits per heavy atom. The number of thioether (sulfide) groups is 1. The molecular weight excluding hydrogens is 204 g/mol. The first-order valence-corrected chi connectivity index (χ1v) is 4.57. The van der Waals surface area contributed by atoms with Gasteiger partial charge in [-0.1, -0.05) is 11.8 Å². The van der Waals surface area contributed by atoms with Crippen molar-refractivity contribution in [1.29, 1.82) is 0 Å². The molecule has 1 rings (SSSR count). The van der Waals surface area contributed by atoms with Crippen LogP contribution in [-0.4, -0.2) is 23.0 Å². The van der Waals surface area contributed by atoms with Gasteiger partial charge in [0.05, 0.1) is 7.11 Å². The third-order valence-corrected chi connectivity index (χ3v) is 1.94. The fourth-order valence-electron chi connectivity index (χ4n) is 0.634. The summed E-state index contributed by atoms with van der Waals surface area (Å²) in [6, 6.07) is 1.31. The number of carbonyl (C=O) groups excluding carboxylic acids is 1. The van der Waals surface area contributed by atoms with Gasteiger partial charge in [0.15, 0.2) is 5.16 Å². The molecule has 0 amide bonds. The number of methoxy groups -OCH3 is 1. The fourth-order valence-corrected chi connectivity index (χ4v) is 1.22. The molecule has 1 N–H and O–H groups in total. The summed E-state index contributed by atoms with van der Waals surface area (Å²) in [5.41, 5.74) is -0.228. The van der Waals surface area contributed by atoms with Crippen LogP contribution >= 0.6 is 11.8 Å². The Kier molecular flexibility index (Phi) is 3.93. The standard InChI is InChI=1S/C8H8N2O3S/c1-13-7(12)3-5-14-8-9-4-2-6(11)10-8/h2-5H,1H3,(H,9,10,11). The summed E-state index contributed by atoms with van der Waals surface area (Å²) < 4.78 is 4.38. The highest BCUT2D eigenvalue weighted by atomic mass is 32.2. The molecule has 0 fully saturated rings. The van der Waals surface area contributed by atoms with Crippen molar-refractivity contribution in [1.82, 2.24) is 9.97 Å². The number of ether oxygens (including phenoxy) is 1. The van der Waals surface area contributed by atoms with Crippen LogP contribution in [0.5, 0.6) is 0 Å². The average Bonchev–Trinajstić information content (AvgIpc) is 2.17. The largest absolute Gasteiger partial charge is 0.466 e. The molecule has 14 heavy (non-hydrogen) atoms. The predicted octanol–water partition coefficient (Wildman–Crippen LogP) is 0.549. The molecule has 0 atom stereocenters. The highest BCUT2D eigenvalue weighted by Crippen LogP contribution is 2.10. The number of hydrogen-bond donors (Lipinski definition) is 1. The third-order valence-electron chi connectivity index (χ3n) is 1.23. The predicted molar refractivity (Wildman–Crippen MR) is 51.9 cm³/mol. The molecule has 1 aromatic rings. The van der Waals surface area contributed by atoms with Gasteiger partial charge in [-0.05, 0) is 5.41 Å². The second-order valence-corrected chi connectivity index (χ2v) is 3.08. The molecule has 0 aliphatic carbocycles. The van der Waals surface area contributed by atoms with Gasteiger partial charge >= 0.3 is 5.97 Å². The number of carbonyl (C=O) groups is 1. The van der Waals surface area contributed by atoms with Gasteiger partial charge in [-0.3, -0.25) is 4.79 Å². The van der Waals surface area contributed by atoms with Gasteiger partial charge in [0, 0.05) is 18.3 Å². The summed E-state index contributed by atoms with van der Waals surface area (Å²) in [7, 11) is 1.29. The zero-order chi connectivity index (χ0) is 10.4. The summed E-state index contributed by atoms with van der Waals surface area (Å²) in [6.07, 6.45) is 2.64. The molecule has 0 aliphatic heterocycles. The molecule has 0 saturated carbocycles. The number of aromatic amines is 1. The van der Waals surface area contributed by atoms with E-state index in [1.165, 1.54) is 30.9 Å². The van der Waals surface area contributed by atoms with Gasteiger partial charge in [-0.15, -0.1) is 0 Å². The van der Waals surface area contributed by atoms with Gasteiger partial charge < -0.3 is 9.72 Å². The van der Waals surface area contributed by atoms with Crippen LogP contribution in [0.1, 0.15) is 0 Å². The Morgan fingerprint density at radius 3 is 3.14 bits per heavy atom. The van der Waals surface area contributed by atoms with E-state index in [9.17, 15) is 9.59 Å². The lowest BCUT2D eigenvalue weighted by Gasteiger charge is -1.92. The first kappa shape index (κ1) is 10.5. The molecule has 0 radical (unpaired) electrons. The number of nitrogens with one attached hydrogen (secondary N) is 1. The minimum atomic E-state index is -0.448. The van der Waals surface area contributed by atoms with Gasteiger partial charge in [0.25, 0.3) is 5.56 Å². The zero-order valence-electron chi connectivity index (χ0n) is 7.39. The van der Waals surface area contributed by atoms with E-state index in [4.69, 9.17) is 0 Å². The maximum Gasteiger partial charge on any atom is 0.330 e. The molecule has 0 aliphatic rings. The minimum absolute atomic E-state index is 0.228. The van der Waals surface area contributed by atoms with E-state index in [-0.39, 0.29) is 5.56 Å². The second-order valence-electron chi connectivity index (χ2n) is 2.18. The number of nitrogens with zero attached hydrogens (tertiary/aromatic N) is 1. The number of esters is 1. The molecule has 74 valence electrons. The van der Waals surface area contributed by atoms with Crippen LogP contribution in [0.25, 0.3) is 0 Å². The van der Waals surface area contributed by atoms with Gasteiger partial charge in [0.1, 0.15) is 0 Å². The van der Waals surface area contributed by atoms with Crippen molar-refractivity contribution in [2.24, 2.45) is 0 Å². The van der Waals surface area contributed by atoms with E-state index in [0.29, 0.717) is 5.16 Å². The fraction of sp³-hybridized carbons (Fsp3) is 0.125. The molecule has 6 heteroatoms. The highest BCUT2D eigenvalue weighted by molar-refractivity contribution is 8.02. The number of hydrogen-bond acceptors (Lipinski definition) is 5. The van der Waals surface area contributed by atoms with Crippen molar-refractivity contribution < 1.29 is 9.53 Å². The van der Waals surface area contributed by atoms with E-state index in [0.717, 1.165) is 11.8 Å². The molecule has 1 aromatic heterocycles. The van der Waals surface area contributed by atoms with Crippen molar-refractivity contribution in [3.05, 3.63) is 34.1 Å². The van der Waals surface area contributed by atoms with Gasteiger partial charge in [-0.2, -0.15) is 0 Å². The Hall–Kier alpha value is -1.56. The van der Waals surface area contributed by atoms with Crippen LogP contribution in [0.3, 0.4) is 0 Å². The lowest BCUT2D eigenvalue weighted by atomic mass is 10.7. The summed E-state index contributed by atoms with van der Waals surface area (Å²) in [4.78, 5) is 27.8. The molecule has 0 aromatic carbocycles. The Balaban J connectivity index is 2.58. The van der Waals surface area contributed by atoms with Gasteiger partial charge in [0.2, 0.25) is 0 Å². The quantitative estimate of drug-likeness (QED) is 0.343. The lowest BCUT2D eigenvalue weighted by Crippen LogP contribution is -2.04. The van der Waals surface area contributed by atoms with Crippen LogP contribution < -0.4 is 5.56 Å². The van der Waals surface area contributed by atoms with Crippen molar-refractivity contribution in [3.8, 4) is 0 Å². The first-order chi connectivity index (χ1) is 6.72. The van der Waals surface area contributed by atoms with Crippen LogP contribution in [0, 0.1) is 0 Å². The van der Waals surface area contributed by atoms with E-state index in [1.54, 1.807) is 0 Å². The summed E-state index contributed by atoms with van der Waals surface area (Å²) in [5.74, 6) is -0.448. The maximum atomic E-state index is 10.8. The normalized spacial score (nSPS) is 10.4. The Labute approximate surface area is 84.2 Å². The van der Waals surface area contributed by atoms with E-state index >= 15 is 0 Å². The Morgan fingerprint density at radius 2 is 2.50 bits per heavy atom. The first-order valence-electron chi connectivity index (χ1n) is 3.69. The highest BCUT2D eigenvalue weighted by Gasteiger charge is 1.94. The smallest absolute Gasteiger partial charge is 0.330 e. The van der Waals surface area contributed by atoms with Crippen molar-refractivity contribution in [3.63, 3.8) is 0 Å². The van der Waals surface area contributed by atoms with E-state index < -0.39 is 5.97 Å². The van der Waals surface area contributed by atoms with Gasteiger partial charge in [-0.25, -0.2) is 9.78 Å². The molecular formula is C8H8N2O3S. The van der Waals surface area contributed by atoms with Crippen LogP contribution in [0.4, 0.5) is 0 Å². The number of rotatable bonds is 3. The SMILES string of the molecule is COC(=O)C=CSc1nccc(=O)[nH]1. The molecule has 5 nitrogen and oxygen atoms in total. The molecule has 0 bridgehead atoms. The summed E-state index contributed by atoms with van der Waals surface area (Å²) in [5, 5.41) is 1.92. The van der Waals surface area contributed by atoms with Crippen molar-refractivity contribution in [2.45, 2.75) is 5.16 Å². The van der Waals surface area contributed by atoms with Crippen molar-refractivity contribution >= 4 is 17.7 Å². The molecule has 0 saturated heterocycles. The second kappa shape index (κ2) is 5.23. The summed E-state index contributed by atoms with van der Waals surface area (Å²) in [6.45, 7) is 0. The zero-order valence-corrected chi connectivity index (χ0v) is 8.21. The number of H-pyrrole nitrogens is 1. The van der Waals surface area contributed by atoms with Crippen LogP contribution in [0.15, 0.2) is 33.7 Å². The maximum absolute atomic E-state index is 10.8. The topological polar surface area (TPSA) is 72.0 Å². The van der Waals surface area contributed by atoms with E-state index in [2.05, 4.69) is 14.7 Å². The monoisotopic (exact) mass is 212 g/mol. The molecule has 1 heterocycles. The van der Waals surface area contributed by atoms with Crippen LogP contribution in [0.2, 0.25) is 0 Å². The Bertz CT molecular complexity index is 400. The minimum Gasteiger partial charge on any atom is -0.466 e. The molecule has 0 spiro atoms.